The summed E-state index contributed by atoms with van der Waals surface area (Å²) in [4.78, 5) is 25.2. The summed E-state index contributed by atoms with van der Waals surface area (Å²) >= 11 is 0. The Balaban J connectivity index is 1.36. The van der Waals surface area contributed by atoms with E-state index in [1.54, 1.807) is 24.3 Å². The molecule has 0 bridgehead atoms. The number of fused-ring (bicyclic) bond motifs is 1. The lowest BCUT2D eigenvalue weighted by atomic mass is 9.97. The maximum absolute atomic E-state index is 12.7. The van der Waals surface area contributed by atoms with Crippen LogP contribution >= 0.6 is 0 Å². The average molecular weight is 482 g/mol. The van der Waals surface area contributed by atoms with Gasteiger partial charge in [0.1, 0.15) is 6.04 Å². The van der Waals surface area contributed by atoms with Crippen molar-refractivity contribution in [1.82, 2.24) is 5.32 Å². The van der Waals surface area contributed by atoms with Crippen molar-refractivity contribution in [3.63, 3.8) is 0 Å². The molecule has 0 saturated carbocycles. The molecule has 2 aromatic rings. The summed E-state index contributed by atoms with van der Waals surface area (Å²) in [5, 5.41) is 8.71. The molecule has 180 valence electrons. The zero-order chi connectivity index (χ0) is 24.1. The van der Waals surface area contributed by atoms with E-state index in [1.165, 1.54) is 18.4 Å². The van der Waals surface area contributed by atoms with Crippen molar-refractivity contribution >= 4 is 33.0 Å². The Labute approximate surface area is 200 Å². The number of nitrogens with one attached hydrogen (secondary N) is 3. The molecule has 8 heteroatoms. The van der Waals surface area contributed by atoms with Gasteiger partial charge in [-0.05, 0) is 62.8 Å². The second kappa shape index (κ2) is 10.4. The minimum atomic E-state index is -3.52. The van der Waals surface area contributed by atoms with Gasteiger partial charge < -0.3 is 16.0 Å². The van der Waals surface area contributed by atoms with E-state index in [9.17, 15) is 18.0 Å². The predicted molar refractivity (Wildman–Crippen MR) is 135 cm³/mol. The highest BCUT2D eigenvalue weighted by Gasteiger charge is 2.30. The Morgan fingerprint density at radius 3 is 2.74 bits per heavy atom. The van der Waals surface area contributed by atoms with E-state index in [1.807, 2.05) is 25.1 Å². The van der Waals surface area contributed by atoms with Gasteiger partial charge in [-0.15, -0.1) is 0 Å². The molecule has 1 heterocycles. The van der Waals surface area contributed by atoms with Crippen molar-refractivity contribution < 1.29 is 18.0 Å². The van der Waals surface area contributed by atoms with Crippen LogP contribution in [0.1, 0.15) is 53.6 Å². The first-order chi connectivity index (χ1) is 16.3. The zero-order valence-corrected chi connectivity index (χ0v) is 20.2. The van der Waals surface area contributed by atoms with Gasteiger partial charge in [0.15, 0.2) is 9.84 Å². The average Bonchev–Trinajstić information content (AvgIpc) is 2.79. The number of hydrogen-bond donors (Lipinski definition) is 3. The van der Waals surface area contributed by atoms with Crippen LogP contribution in [0.4, 0.5) is 11.4 Å². The molecule has 2 aliphatic rings. The van der Waals surface area contributed by atoms with Crippen molar-refractivity contribution in [3.05, 3.63) is 70.8 Å². The summed E-state index contributed by atoms with van der Waals surface area (Å²) in [5.41, 5.74) is 4.60. The van der Waals surface area contributed by atoms with Crippen molar-refractivity contribution in [2.45, 2.75) is 50.8 Å². The number of amides is 2. The van der Waals surface area contributed by atoms with Gasteiger partial charge in [0.2, 0.25) is 5.91 Å². The molecule has 0 aromatic heterocycles. The highest BCUT2D eigenvalue weighted by Crippen LogP contribution is 2.28. The van der Waals surface area contributed by atoms with Gasteiger partial charge >= 0.3 is 0 Å². The smallest absolute Gasteiger partial charge is 0.251 e. The molecule has 34 heavy (non-hydrogen) atoms. The Morgan fingerprint density at radius 1 is 1.12 bits per heavy atom. The van der Waals surface area contributed by atoms with E-state index in [-0.39, 0.29) is 17.4 Å². The van der Waals surface area contributed by atoms with Crippen LogP contribution in [0, 0.1) is 6.92 Å². The van der Waals surface area contributed by atoms with Crippen molar-refractivity contribution in [2.24, 2.45) is 0 Å². The molecule has 1 aliphatic carbocycles. The molecular weight excluding hydrogens is 450 g/mol. The van der Waals surface area contributed by atoms with Gasteiger partial charge in [-0.2, -0.15) is 0 Å². The third-order valence-electron chi connectivity index (χ3n) is 6.19. The quantitative estimate of drug-likeness (QED) is 0.495. The van der Waals surface area contributed by atoms with Gasteiger partial charge in [0, 0.05) is 12.1 Å². The molecule has 0 radical (unpaired) electrons. The predicted octanol–water partition coefficient (Wildman–Crippen LogP) is 3.96. The molecule has 7 nitrogen and oxygen atoms in total. The first kappa shape index (κ1) is 24.0. The number of anilines is 2. The largest absolute Gasteiger partial charge is 0.371 e. The van der Waals surface area contributed by atoms with E-state index >= 15 is 0 Å². The first-order valence-corrected chi connectivity index (χ1v) is 13.5. The van der Waals surface area contributed by atoms with Crippen LogP contribution in [0.25, 0.3) is 0 Å². The Morgan fingerprint density at radius 2 is 1.97 bits per heavy atom. The summed E-state index contributed by atoms with van der Waals surface area (Å²) in [6, 6.07) is 11.4. The number of rotatable bonds is 8. The molecule has 1 unspecified atom stereocenters. The van der Waals surface area contributed by atoms with E-state index in [0.29, 0.717) is 29.0 Å². The van der Waals surface area contributed by atoms with Gasteiger partial charge in [-0.25, -0.2) is 8.42 Å². The standard InChI is InChI=1S/C26H31N3O4S/c1-18-6-5-9-20(14-18)16-34(32,33)17-24-26(31)29-23-15-21(10-11-22(23)28-24)25(30)27-13-12-19-7-3-2-4-8-19/h5-7,9-11,14-15,24,28H,2-4,8,12-13,16-17H2,1H3,(H,27,30)(H,29,31). The second-order valence-corrected chi connectivity index (χ2v) is 11.2. The topological polar surface area (TPSA) is 104 Å². The van der Waals surface area contributed by atoms with Gasteiger partial charge in [0.05, 0.1) is 22.9 Å². The van der Waals surface area contributed by atoms with Crippen LogP contribution in [-0.2, 0) is 20.4 Å². The number of carbonyl (C=O) groups excluding carboxylic acids is 2. The Bertz CT molecular complexity index is 1220. The number of allylic oxidation sites excluding steroid dienone is 1. The normalized spacial score (nSPS) is 17.7. The Kier molecular flexibility index (Phi) is 7.36. The molecule has 1 atom stereocenters. The van der Waals surface area contributed by atoms with E-state index in [2.05, 4.69) is 22.0 Å². The molecule has 1 aliphatic heterocycles. The van der Waals surface area contributed by atoms with Gasteiger partial charge in [0.25, 0.3) is 5.91 Å². The first-order valence-electron chi connectivity index (χ1n) is 11.7. The molecule has 3 N–H and O–H groups in total. The van der Waals surface area contributed by atoms with Gasteiger partial charge in [-0.3, -0.25) is 9.59 Å². The van der Waals surface area contributed by atoms with Crippen LogP contribution in [-0.4, -0.2) is 38.6 Å². The minimum Gasteiger partial charge on any atom is -0.371 e. The summed E-state index contributed by atoms with van der Waals surface area (Å²) in [6.07, 6.45) is 7.81. The number of aryl methyl sites for hydroxylation is 1. The molecule has 2 aromatic carbocycles. The fourth-order valence-corrected chi connectivity index (χ4v) is 5.99. The van der Waals surface area contributed by atoms with E-state index in [4.69, 9.17) is 0 Å². The summed E-state index contributed by atoms with van der Waals surface area (Å²) in [6.45, 7) is 2.49. The van der Waals surface area contributed by atoms with Crippen LogP contribution in [0.2, 0.25) is 0 Å². The second-order valence-electron chi connectivity index (χ2n) is 9.10. The summed E-state index contributed by atoms with van der Waals surface area (Å²) in [7, 11) is -3.52. The van der Waals surface area contributed by atoms with Crippen LogP contribution < -0.4 is 16.0 Å². The summed E-state index contributed by atoms with van der Waals surface area (Å²) in [5.74, 6) is -1.06. The monoisotopic (exact) mass is 481 g/mol. The number of benzene rings is 2. The maximum atomic E-state index is 12.7. The summed E-state index contributed by atoms with van der Waals surface area (Å²) < 4.78 is 25.4. The highest BCUT2D eigenvalue weighted by molar-refractivity contribution is 7.90. The maximum Gasteiger partial charge on any atom is 0.251 e. The lowest BCUT2D eigenvalue weighted by Crippen LogP contribution is -2.43. The SMILES string of the molecule is Cc1cccc(CS(=O)(=O)CC2Nc3ccc(C(=O)NCCC4=CCCCC4)cc3NC2=O)c1. The number of hydrogen-bond acceptors (Lipinski definition) is 5. The minimum absolute atomic E-state index is 0.122. The lowest BCUT2D eigenvalue weighted by molar-refractivity contribution is -0.116. The van der Waals surface area contributed by atoms with Crippen LogP contribution in [0.5, 0.6) is 0 Å². The van der Waals surface area contributed by atoms with E-state index < -0.39 is 21.8 Å². The zero-order valence-electron chi connectivity index (χ0n) is 19.4. The molecule has 4 rings (SSSR count). The molecular formula is C26H31N3O4S. The molecule has 0 saturated heterocycles. The number of sulfone groups is 1. The fourth-order valence-electron chi connectivity index (χ4n) is 4.44. The lowest BCUT2D eigenvalue weighted by Gasteiger charge is -2.27. The Hall–Kier alpha value is -3.13. The van der Waals surface area contributed by atoms with Crippen molar-refractivity contribution in [1.29, 1.82) is 0 Å². The van der Waals surface area contributed by atoms with Crippen LogP contribution in [0.3, 0.4) is 0 Å². The number of carbonyl (C=O) groups is 2. The third-order valence-corrected chi connectivity index (χ3v) is 7.81. The van der Waals surface area contributed by atoms with Crippen molar-refractivity contribution in [3.8, 4) is 0 Å². The fraction of sp³-hybridized carbons (Fsp3) is 0.385. The molecule has 2 amide bonds. The van der Waals surface area contributed by atoms with Crippen molar-refractivity contribution in [2.75, 3.05) is 22.9 Å². The van der Waals surface area contributed by atoms with Gasteiger partial charge in [-0.1, -0.05) is 41.5 Å². The molecule has 0 fully saturated rings. The third kappa shape index (κ3) is 6.26. The van der Waals surface area contributed by atoms with Crippen LogP contribution in [0.15, 0.2) is 54.1 Å². The molecule has 0 spiro atoms. The highest BCUT2D eigenvalue weighted by atomic mass is 32.2. The van der Waals surface area contributed by atoms with E-state index in [0.717, 1.165) is 24.8 Å².